The summed E-state index contributed by atoms with van der Waals surface area (Å²) in [5.41, 5.74) is 1.91. The van der Waals surface area contributed by atoms with E-state index < -0.39 is 0 Å². The molecule has 1 aliphatic heterocycles. The molecule has 1 aromatic carbocycles. The first-order chi connectivity index (χ1) is 13.8. The Hall–Kier alpha value is -2.14. The van der Waals surface area contributed by atoms with E-state index in [1.54, 1.807) is 6.92 Å². The Balaban J connectivity index is 1.94. The fraction of sp³-hybridized carbons (Fsp3) is 0.583. The number of fused-ring (bicyclic) bond motifs is 2. The van der Waals surface area contributed by atoms with Crippen LogP contribution in [0.4, 0.5) is 0 Å². The van der Waals surface area contributed by atoms with Crippen LogP contribution in [0.25, 0.3) is 0 Å². The molecule has 1 aromatic rings. The van der Waals surface area contributed by atoms with Crippen molar-refractivity contribution in [3.8, 4) is 5.75 Å². The third-order valence-electron chi connectivity index (χ3n) is 6.78. The monoisotopic (exact) mass is 400 g/mol. The van der Waals surface area contributed by atoms with Gasteiger partial charge in [0.1, 0.15) is 5.75 Å². The van der Waals surface area contributed by atoms with Gasteiger partial charge >= 0.3 is 11.9 Å². The first-order valence-corrected chi connectivity index (χ1v) is 10.6. The molecule has 1 aliphatic carbocycles. The van der Waals surface area contributed by atoms with Crippen molar-refractivity contribution >= 4 is 11.9 Å². The Kier molecular flexibility index (Phi) is 6.47. The molecule has 0 aromatic heterocycles. The number of esters is 2. The lowest BCUT2D eigenvalue weighted by Crippen LogP contribution is -2.54. The summed E-state index contributed by atoms with van der Waals surface area (Å²) in [7, 11) is 0. The van der Waals surface area contributed by atoms with Crippen LogP contribution in [0.2, 0.25) is 0 Å². The summed E-state index contributed by atoms with van der Waals surface area (Å²) in [6.45, 7) is 11.0. The van der Waals surface area contributed by atoms with Gasteiger partial charge in [0, 0.05) is 29.7 Å². The number of benzene rings is 1. The van der Waals surface area contributed by atoms with Crippen molar-refractivity contribution in [3.05, 3.63) is 41.5 Å². The zero-order chi connectivity index (χ0) is 21.2. The van der Waals surface area contributed by atoms with Gasteiger partial charge in [-0.2, -0.15) is 0 Å². The summed E-state index contributed by atoms with van der Waals surface area (Å²) in [5, 5.41) is 0. The number of ether oxygens (including phenoxy) is 3. The largest absolute Gasteiger partial charge is 0.465 e. The maximum Gasteiger partial charge on any atom is 0.310 e. The maximum absolute atomic E-state index is 11.9. The molecule has 1 heterocycles. The molecule has 5 heteroatoms. The van der Waals surface area contributed by atoms with Crippen LogP contribution in [0.5, 0.6) is 5.75 Å². The minimum Gasteiger partial charge on any atom is -0.465 e. The number of hydrogen-bond donors (Lipinski definition) is 0. The van der Waals surface area contributed by atoms with E-state index >= 15 is 0 Å². The van der Waals surface area contributed by atoms with E-state index in [1.165, 1.54) is 5.57 Å². The lowest BCUT2D eigenvalue weighted by atomic mass is 9.56. The third kappa shape index (κ3) is 3.97. The van der Waals surface area contributed by atoms with Crippen molar-refractivity contribution in [2.24, 2.45) is 23.2 Å². The number of carbonyl (C=O) groups is 2. The van der Waals surface area contributed by atoms with Gasteiger partial charge in [0.05, 0.1) is 19.3 Å². The van der Waals surface area contributed by atoms with Gasteiger partial charge < -0.3 is 14.2 Å². The fourth-order valence-corrected chi connectivity index (χ4v) is 4.86. The number of hydrogen-bond acceptors (Lipinski definition) is 5. The van der Waals surface area contributed by atoms with Crippen molar-refractivity contribution in [2.45, 2.75) is 53.6 Å². The van der Waals surface area contributed by atoms with Crippen molar-refractivity contribution in [2.75, 3.05) is 13.2 Å². The van der Waals surface area contributed by atoms with Gasteiger partial charge in [-0.25, -0.2) is 0 Å². The van der Waals surface area contributed by atoms with Crippen molar-refractivity contribution in [1.82, 2.24) is 0 Å². The molecule has 0 spiro atoms. The van der Waals surface area contributed by atoms with Crippen LogP contribution in [-0.4, -0.2) is 25.2 Å². The Bertz CT molecular complexity index is 798. The molecule has 0 N–H and O–H groups in total. The number of para-hydroxylation sites is 1. The van der Waals surface area contributed by atoms with Gasteiger partial charge in [-0.1, -0.05) is 57.5 Å². The quantitative estimate of drug-likeness (QED) is 0.388. The Morgan fingerprint density at radius 2 is 1.83 bits per heavy atom. The molecule has 0 unspecified atom stereocenters. The summed E-state index contributed by atoms with van der Waals surface area (Å²) in [4.78, 5) is 23.7. The van der Waals surface area contributed by atoms with E-state index in [2.05, 4.69) is 26.8 Å². The van der Waals surface area contributed by atoms with E-state index in [0.29, 0.717) is 31.8 Å². The highest BCUT2D eigenvalue weighted by atomic mass is 16.5. The second-order valence-electron chi connectivity index (χ2n) is 8.36. The van der Waals surface area contributed by atoms with Crippen molar-refractivity contribution in [1.29, 1.82) is 0 Å². The van der Waals surface area contributed by atoms with Gasteiger partial charge in [-0.3, -0.25) is 9.59 Å². The molecule has 158 valence electrons. The zero-order valence-electron chi connectivity index (χ0n) is 18.1. The summed E-state index contributed by atoms with van der Waals surface area (Å²) in [6.07, 6.45) is 2.78. The number of allylic oxidation sites excluding steroid dienone is 1. The minimum absolute atomic E-state index is 0.127. The minimum atomic E-state index is -0.258. The predicted molar refractivity (Wildman–Crippen MR) is 110 cm³/mol. The van der Waals surface area contributed by atoms with Gasteiger partial charge in [0.25, 0.3) is 0 Å². The molecule has 2 aliphatic rings. The SMILES string of the molecule is CCC(=O)OC[C@@]12CO[C@H](c3ccccc3OC(=O)CC)[C@@H](C(C)=C[C@@H]1C)[C@@H]2C. The highest BCUT2D eigenvalue weighted by molar-refractivity contribution is 5.72. The molecule has 5 nitrogen and oxygen atoms in total. The van der Waals surface area contributed by atoms with Crippen LogP contribution < -0.4 is 4.74 Å². The Labute approximate surface area is 173 Å². The molecule has 3 rings (SSSR count). The normalized spacial score (nSPS) is 31.0. The molecule has 1 fully saturated rings. The van der Waals surface area contributed by atoms with Crippen LogP contribution in [0.3, 0.4) is 0 Å². The lowest BCUT2D eigenvalue weighted by Gasteiger charge is -2.55. The Morgan fingerprint density at radius 3 is 2.52 bits per heavy atom. The standard InChI is InChI=1S/C24H32O5/c1-6-20(25)27-13-24-14-28-23(22(17(24)5)15(3)12-16(24)4)18-10-8-9-11-19(18)29-21(26)7-2/h8-12,16-17,22-23H,6-7,13-14H2,1-5H3/t16-,17-,22-,23+,24+/m0/s1. The predicted octanol–water partition coefficient (Wildman–Crippen LogP) is 4.86. The van der Waals surface area contributed by atoms with Crippen molar-refractivity contribution < 1.29 is 23.8 Å². The molecule has 5 atom stereocenters. The first kappa shape index (κ1) is 21.6. The topological polar surface area (TPSA) is 61.8 Å². The molecule has 0 amide bonds. The molecule has 0 saturated carbocycles. The van der Waals surface area contributed by atoms with E-state index in [0.717, 1.165) is 5.56 Å². The van der Waals surface area contributed by atoms with Crippen molar-refractivity contribution in [3.63, 3.8) is 0 Å². The smallest absolute Gasteiger partial charge is 0.310 e. The van der Waals surface area contributed by atoms with Gasteiger partial charge in [-0.15, -0.1) is 0 Å². The molecule has 2 bridgehead atoms. The van der Waals surface area contributed by atoms with Crippen LogP contribution >= 0.6 is 0 Å². The number of rotatable bonds is 6. The van der Waals surface area contributed by atoms with Gasteiger partial charge in [-0.05, 0) is 24.8 Å². The maximum atomic E-state index is 11.9. The molecule has 1 saturated heterocycles. The van der Waals surface area contributed by atoms with Gasteiger partial charge in [0.15, 0.2) is 0 Å². The molecule has 29 heavy (non-hydrogen) atoms. The van der Waals surface area contributed by atoms with Crippen LogP contribution in [-0.2, 0) is 19.1 Å². The van der Waals surface area contributed by atoms with Crippen LogP contribution in [0.15, 0.2) is 35.9 Å². The average Bonchev–Trinajstić information content (AvgIpc) is 2.71. The highest BCUT2D eigenvalue weighted by Crippen LogP contribution is 2.57. The summed E-state index contributed by atoms with van der Waals surface area (Å²) < 4.78 is 17.6. The molecular formula is C24H32O5. The lowest BCUT2D eigenvalue weighted by molar-refractivity contribution is -0.182. The van der Waals surface area contributed by atoms with E-state index in [1.807, 2.05) is 31.2 Å². The van der Waals surface area contributed by atoms with Crippen LogP contribution in [0.1, 0.15) is 59.1 Å². The first-order valence-electron chi connectivity index (χ1n) is 10.6. The molecule has 0 radical (unpaired) electrons. The zero-order valence-corrected chi connectivity index (χ0v) is 18.1. The summed E-state index contributed by atoms with van der Waals surface area (Å²) in [6, 6.07) is 7.62. The summed E-state index contributed by atoms with van der Waals surface area (Å²) >= 11 is 0. The van der Waals surface area contributed by atoms with E-state index in [-0.39, 0.29) is 41.2 Å². The summed E-state index contributed by atoms with van der Waals surface area (Å²) in [5.74, 6) is 0.746. The van der Waals surface area contributed by atoms with E-state index in [4.69, 9.17) is 14.2 Å². The highest BCUT2D eigenvalue weighted by Gasteiger charge is 2.54. The second kappa shape index (κ2) is 8.70. The second-order valence-corrected chi connectivity index (χ2v) is 8.36. The fourth-order valence-electron chi connectivity index (χ4n) is 4.86. The Morgan fingerprint density at radius 1 is 1.14 bits per heavy atom. The van der Waals surface area contributed by atoms with Crippen LogP contribution in [0, 0.1) is 23.2 Å². The molecular weight excluding hydrogens is 368 g/mol. The average molecular weight is 401 g/mol. The third-order valence-corrected chi connectivity index (χ3v) is 6.78. The van der Waals surface area contributed by atoms with E-state index in [9.17, 15) is 9.59 Å². The number of carbonyl (C=O) groups excluding carboxylic acids is 2. The van der Waals surface area contributed by atoms with Gasteiger partial charge in [0.2, 0.25) is 0 Å².